The van der Waals surface area contributed by atoms with Gasteiger partial charge in [-0.3, -0.25) is 0 Å². The monoisotopic (exact) mass is 340 g/mol. The third-order valence-electron chi connectivity index (χ3n) is 4.21. The number of benzene rings is 1. The summed E-state index contributed by atoms with van der Waals surface area (Å²) in [5.74, 6) is 1.36. The molecule has 3 rings (SSSR count). The molecule has 1 aromatic carbocycles. The second-order valence-corrected chi connectivity index (χ2v) is 8.04. The van der Waals surface area contributed by atoms with Crippen molar-refractivity contribution in [2.45, 2.75) is 24.7 Å². The molecular formula is C16H24N2O4S. The Morgan fingerprint density at radius 1 is 1.17 bits per heavy atom. The summed E-state index contributed by atoms with van der Waals surface area (Å²) in [6, 6.07) is 4.74. The average Bonchev–Trinajstić information content (AvgIpc) is 3.05. The van der Waals surface area contributed by atoms with Crippen molar-refractivity contribution in [2.24, 2.45) is 5.92 Å². The predicted octanol–water partition coefficient (Wildman–Crippen LogP) is 1.47. The molecule has 6 nitrogen and oxygen atoms in total. The van der Waals surface area contributed by atoms with Gasteiger partial charge >= 0.3 is 0 Å². The standard InChI is InChI=1S/C16H24N2O4S/c1-13(12-18-6-2-3-7-18)11-17-23(19,20)14-4-5-15-16(10-14)22-9-8-21-15/h4-5,10,13,17H,2-3,6-9,11-12H2,1H3/t13-/m0/s1. The maximum Gasteiger partial charge on any atom is 0.240 e. The van der Waals surface area contributed by atoms with E-state index >= 15 is 0 Å². The lowest BCUT2D eigenvalue weighted by molar-refractivity contribution is 0.171. The van der Waals surface area contributed by atoms with Crippen molar-refractivity contribution in [3.05, 3.63) is 18.2 Å². The van der Waals surface area contributed by atoms with E-state index in [1.165, 1.54) is 18.9 Å². The molecule has 1 N–H and O–H groups in total. The molecule has 0 unspecified atom stereocenters. The van der Waals surface area contributed by atoms with Crippen molar-refractivity contribution in [3.63, 3.8) is 0 Å². The van der Waals surface area contributed by atoms with Crippen molar-refractivity contribution >= 4 is 10.0 Å². The van der Waals surface area contributed by atoms with E-state index in [0.717, 1.165) is 19.6 Å². The zero-order chi connectivity index (χ0) is 16.3. The van der Waals surface area contributed by atoms with Gasteiger partial charge in [0.05, 0.1) is 4.90 Å². The number of sulfonamides is 1. The van der Waals surface area contributed by atoms with E-state index < -0.39 is 10.0 Å². The Labute approximate surface area is 137 Å². The van der Waals surface area contributed by atoms with Gasteiger partial charge in [-0.25, -0.2) is 13.1 Å². The molecule has 2 aliphatic heterocycles. The SMILES string of the molecule is C[C@@H](CNS(=O)(=O)c1ccc2c(c1)OCCO2)CN1CCCC1. The second-order valence-electron chi connectivity index (χ2n) is 6.27. The summed E-state index contributed by atoms with van der Waals surface area (Å²) in [6.45, 7) is 6.63. The lowest BCUT2D eigenvalue weighted by Crippen LogP contribution is -2.34. The molecule has 0 saturated carbocycles. The molecule has 23 heavy (non-hydrogen) atoms. The normalized spacial score (nSPS) is 19.7. The smallest absolute Gasteiger partial charge is 0.240 e. The number of rotatable bonds is 6. The van der Waals surface area contributed by atoms with Gasteiger partial charge in [-0.15, -0.1) is 0 Å². The predicted molar refractivity (Wildman–Crippen MR) is 87.5 cm³/mol. The van der Waals surface area contributed by atoms with Crippen molar-refractivity contribution < 1.29 is 17.9 Å². The summed E-state index contributed by atoms with van der Waals surface area (Å²) in [5.41, 5.74) is 0. The van der Waals surface area contributed by atoms with Gasteiger partial charge < -0.3 is 14.4 Å². The van der Waals surface area contributed by atoms with Crippen LogP contribution < -0.4 is 14.2 Å². The third kappa shape index (κ3) is 4.16. The number of ether oxygens (including phenoxy) is 2. The van der Waals surface area contributed by atoms with Crippen LogP contribution in [-0.4, -0.2) is 52.7 Å². The van der Waals surface area contributed by atoms with E-state index in [-0.39, 0.29) is 10.8 Å². The minimum absolute atomic E-state index is 0.218. The molecule has 0 aromatic heterocycles. The van der Waals surface area contributed by atoms with Crippen LogP contribution >= 0.6 is 0 Å². The zero-order valence-electron chi connectivity index (χ0n) is 13.5. The highest BCUT2D eigenvalue weighted by Gasteiger charge is 2.21. The highest BCUT2D eigenvalue weighted by atomic mass is 32.2. The van der Waals surface area contributed by atoms with E-state index in [4.69, 9.17) is 9.47 Å². The van der Waals surface area contributed by atoms with Crippen LogP contribution in [0.4, 0.5) is 0 Å². The summed E-state index contributed by atoms with van der Waals surface area (Å²) >= 11 is 0. The first kappa shape index (κ1) is 16.5. The minimum Gasteiger partial charge on any atom is -0.486 e. The molecule has 7 heteroatoms. The van der Waals surface area contributed by atoms with Crippen LogP contribution in [0.5, 0.6) is 11.5 Å². The molecule has 2 aliphatic rings. The second kappa shape index (κ2) is 7.07. The number of nitrogens with one attached hydrogen (secondary N) is 1. The van der Waals surface area contributed by atoms with E-state index in [0.29, 0.717) is 31.3 Å². The number of hydrogen-bond acceptors (Lipinski definition) is 5. The fraction of sp³-hybridized carbons (Fsp3) is 0.625. The molecule has 1 aromatic rings. The molecule has 0 radical (unpaired) electrons. The fourth-order valence-corrected chi connectivity index (χ4v) is 4.18. The van der Waals surface area contributed by atoms with Crippen LogP contribution in [0, 0.1) is 5.92 Å². The van der Waals surface area contributed by atoms with Crippen molar-refractivity contribution in [1.29, 1.82) is 0 Å². The molecule has 0 aliphatic carbocycles. The molecule has 0 bridgehead atoms. The third-order valence-corrected chi connectivity index (χ3v) is 5.64. The van der Waals surface area contributed by atoms with Crippen LogP contribution in [0.2, 0.25) is 0 Å². The first-order valence-electron chi connectivity index (χ1n) is 8.16. The molecule has 0 spiro atoms. The van der Waals surface area contributed by atoms with E-state index in [2.05, 4.69) is 16.5 Å². The summed E-state index contributed by atoms with van der Waals surface area (Å²) < 4.78 is 38.4. The lowest BCUT2D eigenvalue weighted by atomic mass is 10.2. The Morgan fingerprint density at radius 3 is 2.61 bits per heavy atom. The molecule has 0 amide bonds. The zero-order valence-corrected chi connectivity index (χ0v) is 14.3. The molecule has 128 valence electrons. The minimum atomic E-state index is -3.53. The molecule has 1 saturated heterocycles. The van der Waals surface area contributed by atoms with E-state index in [1.54, 1.807) is 12.1 Å². The van der Waals surface area contributed by atoms with Crippen LogP contribution in [0.1, 0.15) is 19.8 Å². The van der Waals surface area contributed by atoms with Gasteiger partial charge in [0, 0.05) is 19.2 Å². The summed E-state index contributed by atoms with van der Waals surface area (Å²) in [4.78, 5) is 2.61. The Kier molecular flexibility index (Phi) is 5.08. The molecule has 1 atom stereocenters. The van der Waals surface area contributed by atoms with Gasteiger partial charge in [-0.1, -0.05) is 6.92 Å². The summed E-state index contributed by atoms with van der Waals surface area (Å²) in [5, 5.41) is 0. The van der Waals surface area contributed by atoms with Crippen molar-refractivity contribution in [3.8, 4) is 11.5 Å². The lowest BCUT2D eigenvalue weighted by Gasteiger charge is -2.21. The highest BCUT2D eigenvalue weighted by Crippen LogP contribution is 2.32. The van der Waals surface area contributed by atoms with Gasteiger partial charge in [0.1, 0.15) is 13.2 Å². The van der Waals surface area contributed by atoms with E-state index in [9.17, 15) is 8.42 Å². The van der Waals surface area contributed by atoms with Gasteiger partial charge in [-0.05, 0) is 44.0 Å². The maximum atomic E-state index is 12.4. The highest BCUT2D eigenvalue weighted by molar-refractivity contribution is 7.89. The largest absolute Gasteiger partial charge is 0.486 e. The Hall–Kier alpha value is -1.31. The van der Waals surface area contributed by atoms with Crippen LogP contribution in [0.15, 0.2) is 23.1 Å². The molecule has 1 fully saturated rings. The summed E-state index contributed by atoms with van der Waals surface area (Å²) in [7, 11) is -3.53. The molecule has 2 heterocycles. The Morgan fingerprint density at radius 2 is 1.87 bits per heavy atom. The average molecular weight is 340 g/mol. The fourth-order valence-electron chi connectivity index (χ4n) is 3.00. The number of likely N-dealkylation sites (tertiary alicyclic amines) is 1. The van der Waals surface area contributed by atoms with Crippen LogP contribution in [0.3, 0.4) is 0 Å². The number of fused-ring (bicyclic) bond motifs is 1. The number of nitrogens with zero attached hydrogens (tertiary/aromatic N) is 1. The van der Waals surface area contributed by atoms with Crippen LogP contribution in [0.25, 0.3) is 0 Å². The van der Waals surface area contributed by atoms with Gasteiger partial charge in [0.2, 0.25) is 10.0 Å². The van der Waals surface area contributed by atoms with Gasteiger partial charge in [-0.2, -0.15) is 0 Å². The van der Waals surface area contributed by atoms with Crippen LogP contribution in [-0.2, 0) is 10.0 Å². The Bertz CT molecular complexity index is 641. The Balaban J connectivity index is 1.60. The van der Waals surface area contributed by atoms with Gasteiger partial charge in [0.15, 0.2) is 11.5 Å². The van der Waals surface area contributed by atoms with Gasteiger partial charge in [0.25, 0.3) is 0 Å². The number of hydrogen-bond donors (Lipinski definition) is 1. The quantitative estimate of drug-likeness (QED) is 0.849. The first-order chi connectivity index (χ1) is 11.0. The maximum absolute atomic E-state index is 12.4. The van der Waals surface area contributed by atoms with E-state index in [1.807, 2.05) is 0 Å². The van der Waals surface area contributed by atoms with Crippen molar-refractivity contribution in [1.82, 2.24) is 9.62 Å². The molecular weight excluding hydrogens is 316 g/mol. The topological polar surface area (TPSA) is 67.9 Å². The van der Waals surface area contributed by atoms with Crippen molar-refractivity contribution in [2.75, 3.05) is 39.4 Å². The summed E-state index contributed by atoms with van der Waals surface area (Å²) in [6.07, 6.45) is 2.49. The first-order valence-corrected chi connectivity index (χ1v) is 9.64.